The number of hydrogen-bond acceptors (Lipinski definition) is 4. The Hall–Kier alpha value is -1.87. The fourth-order valence-corrected chi connectivity index (χ4v) is 4.87. The van der Waals surface area contributed by atoms with E-state index in [1.54, 1.807) is 30.9 Å². The Kier molecular flexibility index (Phi) is 5.60. The molecule has 2 aromatic carbocycles. The summed E-state index contributed by atoms with van der Waals surface area (Å²) in [6.07, 6.45) is 1.40. The molecule has 0 unspecified atom stereocenters. The third-order valence-electron chi connectivity index (χ3n) is 4.65. The highest BCUT2D eigenvalue weighted by Gasteiger charge is 2.25. The molecular formula is C21H23IN2O3S. The van der Waals surface area contributed by atoms with Gasteiger partial charge in [-0.1, -0.05) is 32.9 Å². The third-order valence-corrected chi connectivity index (χ3v) is 7.15. The smallest absolute Gasteiger partial charge is 0.223 e. The molecule has 0 aliphatic rings. The second-order valence-electron chi connectivity index (χ2n) is 7.60. The van der Waals surface area contributed by atoms with Crippen LogP contribution in [-0.2, 0) is 22.3 Å². The number of ether oxygens (including phenoxy) is 1. The first kappa shape index (κ1) is 20.9. The molecule has 0 atom stereocenters. The second-order valence-corrected chi connectivity index (χ2v) is 10.7. The standard InChI is InChI=1S/C21H23IN2O3S/c1-21(2,3)14-6-9-16(10-7-14)28(25,26)19-13-23-20(24(19)4)17-12-15(22)8-11-18(17)27-5/h6-13H,1-5H3. The van der Waals surface area contributed by atoms with Gasteiger partial charge in [0, 0.05) is 10.6 Å². The molecule has 3 aromatic rings. The molecule has 0 bridgehead atoms. The highest BCUT2D eigenvalue weighted by atomic mass is 127. The van der Waals surface area contributed by atoms with Gasteiger partial charge in [0.25, 0.3) is 0 Å². The molecule has 28 heavy (non-hydrogen) atoms. The van der Waals surface area contributed by atoms with Crippen molar-refractivity contribution in [2.75, 3.05) is 7.11 Å². The maximum atomic E-state index is 13.2. The van der Waals surface area contributed by atoms with Crippen molar-refractivity contribution >= 4 is 32.4 Å². The maximum absolute atomic E-state index is 13.2. The van der Waals surface area contributed by atoms with Gasteiger partial charge in [0.15, 0.2) is 5.03 Å². The first-order valence-electron chi connectivity index (χ1n) is 8.77. The quantitative estimate of drug-likeness (QED) is 0.472. The van der Waals surface area contributed by atoms with Crippen molar-refractivity contribution in [2.45, 2.75) is 36.1 Å². The third kappa shape index (κ3) is 3.82. The van der Waals surface area contributed by atoms with E-state index in [2.05, 4.69) is 48.3 Å². The van der Waals surface area contributed by atoms with Crippen LogP contribution in [0.15, 0.2) is 58.6 Å². The van der Waals surface area contributed by atoms with Crippen molar-refractivity contribution in [2.24, 2.45) is 7.05 Å². The molecule has 0 radical (unpaired) electrons. The summed E-state index contributed by atoms with van der Waals surface area (Å²) in [6.45, 7) is 6.29. The number of benzene rings is 2. The zero-order valence-electron chi connectivity index (χ0n) is 16.5. The predicted octanol–water partition coefficient (Wildman–Crippen LogP) is 4.83. The zero-order valence-corrected chi connectivity index (χ0v) is 19.5. The van der Waals surface area contributed by atoms with Crippen molar-refractivity contribution in [3.05, 3.63) is 57.8 Å². The van der Waals surface area contributed by atoms with Crippen LogP contribution in [0.1, 0.15) is 26.3 Å². The zero-order chi connectivity index (χ0) is 20.7. The van der Waals surface area contributed by atoms with Gasteiger partial charge in [-0.25, -0.2) is 13.4 Å². The van der Waals surface area contributed by atoms with Gasteiger partial charge in [-0.3, -0.25) is 0 Å². The molecule has 0 spiro atoms. The van der Waals surface area contributed by atoms with Crippen molar-refractivity contribution in [1.29, 1.82) is 0 Å². The lowest BCUT2D eigenvalue weighted by molar-refractivity contribution is 0.416. The number of sulfone groups is 1. The van der Waals surface area contributed by atoms with E-state index >= 15 is 0 Å². The Morgan fingerprint density at radius 3 is 2.29 bits per heavy atom. The van der Waals surface area contributed by atoms with E-state index in [9.17, 15) is 8.42 Å². The van der Waals surface area contributed by atoms with E-state index in [4.69, 9.17) is 4.74 Å². The summed E-state index contributed by atoms with van der Waals surface area (Å²) < 4.78 is 34.4. The van der Waals surface area contributed by atoms with Crippen molar-refractivity contribution < 1.29 is 13.2 Å². The highest BCUT2D eigenvalue weighted by molar-refractivity contribution is 14.1. The minimum atomic E-state index is -3.69. The Morgan fingerprint density at radius 1 is 1.07 bits per heavy atom. The summed E-state index contributed by atoms with van der Waals surface area (Å²) in [7, 11) is -0.398. The van der Waals surface area contributed by atoms with Crippen LogP contribution in [0.5, 0.6) is 5.75 Å². The Morgan fingerprint density at radius 2 is 1.71 bits per heavy atom. The molecule has 0 saturated heterocycles. The van der Waals surface area contributed by atoms with Gasteiger partial charge < -0.3 is 9.30 Å². The summed E-state index contributed by atoms with van der Waals surface area (Å²) in [5, 5.41) is 0.145. The van der Waals surface area contributed by atoms with E-state index in [0.29, 0.717) is 11.6 Å². The van der Waals surface area contributed by atoms with Gasteiger partial charge in [0.1, 0.15) is 11.6 Å². The van der Waals surface area contributed by atoms with Gasteiger partial charge in [-0.05, 0) is 63.9 Å². The molecule has 7 heteroatoms. The minimum Gasteiger partial charge on any atom is -0.496 e. The SMILES string of the molecule is COc1ccc(I)cc1-c1ncc(S(=O)(=O)c2ccc(C(C)(C)C)cc2)n1C. The first-order valence-corrected chi connectivity index (χ1v) is 11.3. The van der Waals surface area contributed by atoms with Crippen LogP contribution in [0.3, 0.4) is 0 Å². The molecule has 0 saturated carbocycles. The normalized spacial score (nSPS) is 12.2. The van der Waals surface area contributed by atoms with Crippen LogP contribution in [-0.4, -0.2) is 25.1 Å². The van der Waals surface area contributed by atoms with Gasteiger partial charge in [0.2, 0.25) is 9.84 Å². The Balaban J connectivity index is 2.07. The van der Waals surface area contributed by atoms with Crippen LogP contribution < -0.4 is 4.74 Å². The van der Waals surface area contributed by atoms with E-state index in [0.717, 1.165) is 14.7 Å². The minimum absolute atomic E-state index is 0.0387. The second kappa shape index (κ2) is 7.51. The molecule has 5 nitrogen and oxygen atoms in total. The molecule has 0 aliphatic carbocycles. The van der Waals surface area contributed by atoms with Crippen molar-refractivity contribution in [1.82, 2.24) is 9.55 Å². The lowest BCUT2D eigenvalue weighted by Gasteiger charge is -2.19. The van der Waals surface area contributed by atoms with Gasteiger partial charge >= 0.3 is 0 Å². The molecule has 3 rings (SSSR count). The Bertz CT molecular complexity index is 1110. The van der Waals surface area contributed by atoms with Crippen molar-refractivity contribution in [3.8, 4) is 17.1 Å². The molecule has 0 N–H and O–H groups in total. The fourth-order valence-electron chi connectivity index (χ4n) is 3.00. The van der Waals surface area contributed by atoms with Crippen molar-refractivity contribution in [3.63, 3.8) is 0 Å². The number of halogens is 1. The Labute approximate surface area is 179 Å². The lowest BCUT2D eigenvalue weighted by Crippen LogP contribution is -2.12. The number of imidazole rings is 1. The van der Waals surface area contributed by atoms with Gasteiger partial charge in [0.05, 0.1) is 23.8 Å². The fraction of sp³-hybridized carbons (Fsp3) is 0.286. The summed E-state index contributed by atoms with van der Waals surface area (Å²) in [4.78, 5) is 4.64. The maximum Gasteiger partial charge on any atom is 0.223 e. The van der Waals surface area contributed by atoms with E-state index in [-0.39, 0.29) is 15.3 Å². The summed E-state index contributed by atoms with van der Waals surface area (Å²) in [5.74, 6) is 1.19. The summed E-state index contributed by atoms with van der Waals surface area (Å²) >= 11 is 2.21. The predicted molar refractivity (Wildman–Crippen MR) is 119 cm³/mol. The monoisotopic (exact) mass is 510 g/mol. The molecule has 0 amide bonds. The number of hydrogen-bond donors (Lipinski definition) is 0. The van der Waals surface area contributed by atoms with E-state index < -0.39 is 9.84 Å². The van der Waals surface area contributed by atoms with E-state index in [1.807, 2.05) is 30.3 Å². The van der Waals surface area contributed by atoms with Crippen LogP contribution in [0, 0.1) is 3.57 Å². The number of methoxy groups -OCH3 is 1. The number of aromatic nitrogens is 2. The van der Waals surface area contributed by atoms with Crippen LogP contribution in [0.4, 0.5) is 0 Å². The highest BCUT2D eigenvalue weighted by Crippen LogP contribution is 2.33. The van der Waals surface area contributed by atoms with Crippen LogP contribution >= 0.6 is 22.6 Å². The first-order chi connectivity index (χ1) is 13.1. The molecule has 1 aromatic heterocycles. The lowest BCUT2D eigenvalue weighted by atomic mass is 9.87. The molecule has 0 aliphatic heterocycles. The molecule has 1 heterocycles. The average Bonchev–Trinajstić information content (AvgIpc) is 3.03. The summed E-state index contributed by atoms with van der Waals surface area (Å²) in [6, 6.07) is 12.8. The molecular weight excluding hydrogens is 487 g/mol. The largest absolute Gasteiger partial charge is 0.496 e. The number of nitrogens with zero attached hydrogens (tertiary/aromatic N) is 2. The topological polar surface area (TPSA) is 61.2 Å². The van der Waals surface area contributed by atoms with Crippen LogP contribution in [0.25, 0.3) is 11.4 Å². The summed E-state index contributed by atoms with van der Waals surface area (Å²) in [5.41, 5.74) is 1.80. The molecule has 0 fully saturated rings. The van der Waals surface area contributed by atoms with Gasteiger partial charge in [-0.2, -0.15) is 0 Å². The average molecular weight is 510 g/mol. The molecule has 148 valence electrons. The van der Waals surface area contributed by atoms with Gasteiger partial charge in [-0.15, -0.1) is 0 Å². The number of rotatable bonds is 4. The van der Waals surface area contributed by atoms with E-state index in [1.165, 1.54) is 6.20 Å². The van der Waals surface area contributed by atoms with Crippen LogP contribution in [0.2, 0.25) is 0 Å².